The summed E-state index contributed by atoms with van der Waals surface area (Å²) in [7, 11) is 1.57. The largest absolute Gasteiger partial charge is 0.493 e. The molecule has 0 radical (unpaired) electrons. The second-order valence-corrected chi connectivity index (χ2v) is 5.02. The highest BCUT2D eigenvalue weighted by Crippen LogP contribution is 2.29. The van der Waals surface area contributed by atoms with Gasteiger partial charge in [-0.1, -0.05) is 13.8 Å². The van der Waals surface area contributed by atoms with Crippen molar-refractivity contribution in [2.45, 2.75) is 52.7 Å². The summed E-state index contributed by atoms with van der Waals surface area (Å²) in [5.41, 5.74) is 0.588. The van der Waals surface area contributed by atoms with Crippen molar-refractivity contribution in [2.24, 2.45) is 0 Å². The van der Waals surface area contributed by atoms with Gasteiger partial charge in [-0.15, -0.1) is 0 Å². The molecule has 0 aromatic heterocycles. The first-order valence-corrected chi connectivity index (χ1v) is 7.17. The van der Waals surface area contributed by atoms with Gasteiger partial charge in [0.15, 0.2) is 11.5 Å². The zero-order chi connectivity index (χ0) is 15.1. The van der Waals surface area contributed by atoms with Crippen molar-refractivity contribution in [3.05, 3.63) is 23.8 Å². The molecule has 0 saturated heterocycles. The molecule has 1 amide bonds. The van der Waals surface area contributed by atoms with E-state index in [2.05, 4.69) is 19.2 Å². The zero-order valence-corrected chi connectivity index (χ0v) is 13.0. The molecule has 0 aliphatic carbocycles. The third kappa shape index (κ3) is 4.44. The highest BCUT2D eigenvalue weighted by molar-refractivity contribution is 5.95. The van der Waals surface area contributed by atoms with E-state index in [0.29, 0.717) is 17.1 Å². The second-order valence-electron chi connectivity index (χ2n) is 5.02. The number of hydrogen-bond donors (Lipinski definition) is 1. The Bertz CT molecular complexity index is 439. The molecule has 4 nitrogen and oxygen atoms in total. The minimum Gasteiger partial charge on any atom is -0.493 e. The number of rotatable bonds is 7. The van der Waals surface area contributed by atoms with Crippen LogP contribution >= 0.6 is 0 Å². The number of benzene rings is 1. The van der Waals surface area contributed by atoms with Gasteiger partial charge in [-0.3, -0.25) is 4.79 Å². The molecule has 1 aromatic rings. The maximum Gasteiger partial charge on any atom is 0.251 e. The van der Waals surface area contributed by atoms with Gasteiger partial charge >= 0.3 is 0 Å². The molecular weight excluding hydrogens is 254 g/mol. The molecular formula is C16H25NO3. The minimum atomic E-state index is -0.0758. The summed E-state index contributed by atoms with van der Waals surface area (Å²) in [6, 6.07) is 5.47. The van der Waals surface area contributed by atoms with Crippen molar-refractivity contribution in [2.75, 3.05) is 7.11 Å². The summed E-state index contributed by atoms with van der Waals surface area (Å²) in [4.78, 5) is 12.2. The van der Waals surface area contributed by atoms with E-state index >= 15 is 0 Å². The fraction of sp³-hybridized carbons (Fsp3) is 0.562. The van der Waals surface area contributed by atoms with E-state index < -0.39 is 0 Å². The molecule has 112 valence electrons. The molecule has 1 aromatic carbocycles. The molecule has 0 bridgehead atoms. The Kier molecular flexibility index (Phi) is 6.36. The minimum absolute atomic E-state index is 0.0631. The number of amides is 1. The predicted octanol–water partition coefficient (Wildman–Crippen LogP) is 3.40. The smallest absolute Gasteiger partial charge is 0.251 e. The van der Waals surface area contributed by atoms with E-state index in [1.807, 2.05) is 13.8 Å². The van der Waals surface area contributed by atoms with E-state index in [0.717, 1.165) is 12.8 Å². The summed E-state index contributed by atoms with van der Waals surface area (Å²) in [6.45, 7) is 8.03. The predicted molar refractivity (Wildman–Crippen MR) is 80.6 cm³/mol. The maximum atomic E-state index is 12.2. The average molecular weight is 279 g/mol. The summed E-state index contributed by atoms with van der Waals surface area (Å²) in [6.07, 6.45) is 1.91. The molecule has 4 heteroatoms. The molecule has 0 heterocycles. The normalized spacial score (nSPS) is 10.8. The molecule has 0 aliphatic heterocycles. The molecule has 20 heavy (non-hydrogen) atoms. The molecule has 0 unspecified atom stereocenters. The first-order chi connectivity index (χ1) is 9.51. The van der Waals surface area contributed by atoms with Gasteiger partial charge < -0.3 is 14.8 Å². The molecule has 0 spiro atoms. The monoisotopic (exact) mass is 279 g/mol. The summed E-state index contributed by atoms with van der Waals surface area (Å²) < 4.78 is 10.9. The number of carbonyl (C=O) groups is 1. The van der Waals surface area contributed by atoms with Crippen LogP contribution in [-0.2, 0) is 0 Å². The quantitative estimate of drug-likeness (QED) is 0.832. The van der Waals surface area contributed by atoms with Gasteiger partial charge in [0.05, 0.1) is 13.2 Å². The Hall–Kier alpha value is -1.71. The van der Waals surface area contributed by atoms with E-state index in [1.165, 1.54) is 0 Å². The van der Waals surface area contributed by atoms with Gasteiger partial charge in [-0.25, -0.2) is 0 Å². The van der Waals surface area contributed by atoms with Crippen molar-refractivity contribution >= 4 is 5.91 Å². The van der Waals surface area contributed by atoms with Crippen molar-refractivity contribution in [3.8, 4) is 11.5 Å². The van der Waals surface area contributed by atoms with Gasteiger partial charge in [-0.2, -0.15) is 0 Å². The van der Waals surface area contributed by atoms with Crippen molar-refractivity contribution in [1.29, 1.82) is 0 Å². The number of hydrogen-bond acceptors (Lipinski definition) is 3. The van der Waals surface area contributed by atoms with Crippen LogP contribution in [0.4, 0.5) is 0 Å². The number of nitrogens with one attached hydrogen (secondary N) is 1. The highest BCUT2D eigenvalue weighted by atomic mass is 16.5. The van der Waals surface area contributed by atoms with Crippen LogP contribution in [0, 0.1) is 0 Å². The Morgan fingerprint density at radius 3 is 2.35 bits per heavy atom. The van der Waals surface area contributed by atoms with E-state index in [-0.39, 0.29) is 18.1 Å². The average Bonchev–Trinajstić information content (AvgIpc) is 2.44. The lowest BCUT2D eigenvalue weighted by molar-refractivity contribution is 0.0934. The standard InChI is InChI=1S/C16H25NO3/c1-6-13(7-2)17-16(18)12-8-9-14(20-11(3)4)15(10-12)19-5/h8-11,13H,6-7H2,1-5H3,(H,17,18). The van der Waals surface area contributed by atoms with Crippen LogP contribution in [-0.4, -0.2) is 25.2 Å². The lowest BCUT2D eigenvalue weighted by Crippen LogP contribution is -2.33. The fourth-order valence-electron chi connectivity index (χ4n) is 1.92. The zero-order valence-electron chi connectivity index (χ0n) is 13.0. The third-order valence-electron chi connectivity index (χ3n) is 3.11. The number of ether oxygens (including phenoxy) is 2. The summed E-state index contributed by atoms with van der Waals surface area (Å²) >= 11 is 0. The van der Waals surface area contributed by atoms with Gasteiger partial charge in [0.1, 0.15) is 0 Å². The van der Waals surface area contributed by atoms with Crippen LogP contribution < -0.4 is 14.8 Å². The van der Waals surface area contributed by atoms with Crippen molar-refractivity contribution < 1.29 is 14.3 Å². The SMILES string of the molecule is CCC(CC)NC(=O)c1ccc(OC(C)C)c(OC)c1. The first kappa shape index (κ1) is 16.3. The maximum absolute atomic E-state index is 12.2. The molecule has 1 rings (SSSR count). The van der Waals surface area contributed by atoms with Crippen LogP contribution in [0.3, 0.4) is 0 Å². The Morgan fingerprint density at radius 2 is 1.85 bits per heavy atom. The topological polar surface area (TPSA) is 47.6 Å². The lowest BCUT2D eigenvalue weighted by atomic mass is 10.1. The Balaban J connectivity index is 2.89. The number of carbonyl (C=O) groups excluding carboxylic acids is 1. The van der Waals surface area contributed by atoms with Gasteiger partial charge in [0.25, 0.3) is 5.91 Å². The molecule has 0 aliphatic rings. The molecule has 1 N–H and O–H groups in total. The summed E-state index contributed by atoms with van der Waals surface area (Å²) in [5, 5.41) is 3.01. The fourth-order valence-corrected chi connectivity index (χ4v) is 1.92. The van der Waals surface area contributed by atoms with E-state index in [1.54, 1.807) is 25.3 Å². The Labute approximate surface area is 121 Å². The first-order valence-electron chi connectivity index (χ1n) is 7.17. The Morgan fingerprint density at radius 1 is 1.20 bits per heavy atom. The van der Waals surface area contributed by atoms with Crippen LogP contribution in [0.15, 0.2) is 18.2 Å². The molecule has 0 saturated carbocycles. The molecule has 0 fully saturated rings. The van der Waals surface area contributed by atoms with Crippen LogP contribution in [0.2, 0.25) is 0 Å². The van der Waals surface area contributed by atoms with Crippen LogP contribution in [0.25, 0.3) is 0 Å². The van der Waals surface area contributed by atoms with Crippen LogP contribution in [0.1, 0.15) is 50.9 Å². The van der Waals surface area contributed by atoms with Gasteiger partial charge in [0, 0.05) is 11.6 Å². The van der Waals surface area contributed by atoms with Gasteiger partial charge in [0.2, 0.25) is 0 Å². The van der Waals surface area contributed by atoms with Crippen LogP contribution in [0.5, 0.6) is 11.5 Å². The second kappa shape index (κ2) is 7.78. The number of methoxy groups -OCH3 is 1. The summed E-state index contributed by atoms with van der Waals surface area (Å²) in [5.74, 6) is 1.16. The molecule has 0 atom stereocenters. The van der Waals surface area contributed by atoms with E-state index in [4.69, 9.17) is 9.47 Å². The van der Waals surface area contributed by atoms with Crippen molar-refractivity contribution in [3.63, 3.8) is 0 Å². The highest BCUT2D eigenvalue weighted by Gasteiger charge is 2.14. The van der Waals surface area contributed by atoms with Gasteiger partial charge in [-0.05, 0) is 44.9 Å². The third-order valence-corrected chi connectivity index (χ3v) is 3.11. The van der Waals surface area contributed by atoms with E-state index in [9.17, 15) is 4.79 Å². The lowest BCUT2D eigenvalue weighted by Gasteiger charge is -2.17. The van der Waals surface area contributed by atoms with Crippen molar-refractivity contribution in [1.82, 2.24) is 5.32 Å².